The third kappa shape index (κ3) is 1.81. The number of rotatable bonds is 2. The van der Waals surface area contributed by atoms with Crippen LogP contribution < -0.4 is 0 Å². The summed E-state index contributed by atoms with van der Waals surface area (Å²) in [5, 5.41) is 23.2. The highest BCUT2D eigenvalue weighted by Crippen LogP contribution is 2.40. The van der Waals surface area contributed by atoms with E-state index in [-0.39, 0.29) is 17.2 Å². The summed E-state index contributed by atoms with van der Waals surface area (Å²) in [6.07, 6.45) is 2.47. The van der Waals surface area contributed by atoms with Gasteiger partial charge in [0.15, 0.2) is 0 Å². The van der Waals surface area contributed by atoms with Crippen molar-refractivity contribution in [2.75, 3.05) is 0 Å². The third-order valence-corrected chi connectivity index (χ3v) is 3.85. The number of hydrogen-bond donors (Lipinski definition) is 1. The van der Waals surface area contributed by atoms with Crippen molar-refractivity contribution in [3.8, 4) is 0 Å². The van der Waals surface area contributed by atoms with Crippen LogP contribution in [0.5, 0.6) is 0 Å². The molecule has 1 fully saturated rings. The van der Waals surface area contributed by atoms with E-state index in [0.717, 1.165) is 12.8 Å². The van der Waals surface area contributed by atoms with Gasteiger partial charge in [-0.15, -0.1) is 10.3 Å². The van der Waals surface area contributed by atoms with Crippen LogP contribution >= 0.6 is 0 Å². The molecule has 1 saturated heterocycles. The fourth-order valence-corrected chi connectivity index (χ4v) is 2.48. The van der Waals surface area contributed by atoms with Crippen LogP contribution in [0.2, 0.25) is 0 Å². The summed E-state index contributed by atoms with van der Waals surface area (Å²) in [4.78, 5) is 0. The predicted molar refractivity (Wildman–Crippen MR) is 55.2 cm³/mol. The second-order valence-electron chi connectivity index (χ2n) is 5.06. The van der Waals surface area contributed by atoms with E-state index in [0.29, 0.717) is 12.8 Å². The van der Waals surface area contributed by atoms with Crippen LogP contribution in [0.15, 0.2) is 0 Å². The molecule has 14 heavy (non-hydrogen) atoms. The fraction of sp³-hybridized carbons (Fsp3) is 1.00. The van der Waals surface area contributed by atoms with Gasteiger partial charge < -0.3 is 5.11 Å². The van der Waals surface area contributed by atoms with Crippen LogP contribution in [0.3, 0.4) is 0 Å². The first-order valence-electron chi connectivity index (χ1n) is 5.53. The molecular formula is C11H22NO2. The minimum atomic E-state index is -0.386. The van der Waals surface area contributed by atoms with Crippen molar-refractivity contribution in [3.05, 3.63) is 0 Å². The largest absolute Gasteiger partial charge is 0.393 e. The molecule has 83 valence electrons. The predicted octanol–water partition coefficient (Wildman–Crippen LogP) is 2.13. The lowest BCUT2D eigenvalue weighted by Gasteiger charge is -2.51. The van der Waals surface area contributed by atoms with E-state index >= 15 is 0 Å². The maximum absolute atomic E-state index is 12.2. The number of nitrogens with zero attached hydrogens (tertiary/aromatic N) is 1. The van der Waals surface area contributed by atoms with Gasteiger partial charge in [0.1, 0.15) is 0 Å². The Morgan fingerprint density at radius 1 is 1.21 bits per heavy atom. The summed E-state index contributed by atoms with van der Waals surface area (Å²) < 4.78 is 0. The van der Waals surface area contributed by atoms with Gasteiger partial charge in [0.25, 0.3) is 0 Å². The Kier molecular flexibility index (Phi) is 3.24. The van der Waals surface area contributed by atoms with Gasteiger partial charge >= 0.3 is 0 Å². The molecule has 0 saturated carbocycles. The lowest BCUT2D eigenvalue weighted by molar-refractivity contribution is -0.308. The lowest BCUT2D eigenvalue weighted by atomic mass is 9.76. The molecule has 0 bridgehead atoms. The zero-order chi connectivity index (χ0) is 11.0. The summed E-state index contributed by atoms with van der Waals surface area (Å²) in [6.45, 7) is 7.94. The standard InChI is InChI=1S/C11H22NO2/c1-5-10(3)7-9(13)8-11(4,6-2)12(10)14/h9,13H,5-8H2,1-4H3. The maximum atomic E-state index is 12.2. The van der Waals surface area contributed by atoms with Crippen LogP contribution in [-0.4, -0.2) is 27.4 Å². The molecule has 2 unspecified atom stereocenters. The average molecular weight is 200 g/mol. The SMILES string of the molecule is CCC1(C)CC(O)CC(C)(CC)N1[O]. The van der Waals surface area contributed by atoms with Gasteiger partial charge in [-0.25, -0.2) is 0 Å². The Morgan fingerprint density at radius 2 is 1.57 bits per heavy atom. The van der Waals surface area contributed by atoms with Gasteiger partial charge in [-0.05, 0) is 39.5 Å². The minimum absolute atomic E-state index is 0.324. The molecule has 0 aromatic carbocycles. The first kappa shape index (κ1) is 12.0. The van der Waals surface area contributed by atoms with Gasteiger partial charge in [-0.2, -0.15) is 0 Å². The first-order valence-corrected chi connectivity index (χ1v) is 5.53. The van der Waals surface area contributed by atoms with Crippen LogP contribution in [-0.2, 0) is 5.21 Å². The van der Waals surface area contributed by atoms with Crippen molar-refractivity contribution in [2.24, 2.45) is 0 Å². The second kappa shape index (κ2) is 3.80. The summed E-state index contributed by atoms with van der Waals surface area (Å²) in [6, 6.07) is 0. The quantitative estimate of drug-likeness (QED) is 0.742. The molecule has 0 aromatic heterocycles. The van der Waals surface area contributed by atoms with Crippen molar-refractivity contribution in [1.29, 1.82) is 0 Å². The Morgan fingerprint density at radius 3 is 1.86 bits per heavy atom. The number of aliphatic hydroxyl groups is 1. The number of hydroxylamine groups is 2. The maximum Gasteiger partial charge on any atom is 0.0577 e. The van der Waals surface area contributed by atoms with Gasteiger partial charge in [-0.3, -0.25) is 0 Å². The first-order chi connectivity index (χ1) is 6.38. The van der Waals surface area contributed by atoms with Crippen molar-refractivity contribution in [3.63, 3.8) is 0 Å². The minimum Gasteiger partial charge on any atom is -0.393 e. The summed E-state index contributed by atoms with van der Waals surface area (Å²) in [5.41, 5.74) is -0.773. The molecule has 0 amide bonds. The van der Waals surface area contributed by atoms with Gasteiger partial charge in [0.2, 0.25) is 0 Å². The molecule has 1 aliphatic heterocycles. The molecule has 1 N–H and O–H groups in total. The highest BCUT2D eigenvalue weighted by atomic mass is 16.5. The molecule has 1 aliphatic rings. The van der Waals surface area contributed by atoms with Crippen LogP contribution in [0.1, 0.15) is 53.4 Å². The Labute approximate surface area is 86.7 Å². The van der Waals surface area contributed by atoms with Crippen molar-refractivity contribution in [2.45, 2.75) is 70.6 Å². The second-order valence-corrected chi connectivity index (χ2v) is 5.06. The fourth-order valence-electron chi connectivity index (χ4n) is 2.48. The van der Waals surface area contributed by atoms with Crippen molar-refractivity contribution in [1.82, 2.24) is 5.06 Å². The van der Waals surface area contributed by atoms with E-state index in [1.54, 1.807) is 0 Å². The summed E-state index contributed by atoms with van der Waals surface area (Å²) >= 11 is 0. The van der Waals surface area contributed by atoms with Crippen molar-refractivity contribution >= 4 is 0 Å². The summed E-state index contributed by atoms with van der Waals surface area (Å²) in [5.74, 6) is 0. The van der Waals surface area contributed by atoms with Gasteiger partial charge in [-0.1, -0.05) is 13.8 Å². The number of piperidine rings is 1. The number of aliphatic hydroxyl groups excluding tert-OH is 1. The van der Waals surface area contributed by atoms with E-state index in [1.807, 2.05) is 27.7 Å². The van der Waals surface area contributed by atoms with Crippen LogP contribution in [0.25, 0.3) is 0 Å². The normalized spacial score (nSPS) is 45.4. The molecule has 3 heteroatoms. The lowest BCUT2D eigenvalue weighted by Crippen LogP contribution is -2.61. The van der Waals surface area contributed by atoms with E-state index in [4.69, 9.17) is 0 Å². The highest BCUT2D eigenvalue weighted by molar-refractivity contribution is 4.99. The Hall–Kier alpha value is -0.120. The zero-order valence-electron chi connectivity index (χ0n) is 9.71. The third-order valence-electron chi connectivity index (χ3n) is 3.85. The molecular weight excluding hydrogens is 178 g/mol. The monoisotopic (exact) mass is 200 g/mol. The van der Waals surface area contributed by atoms with Gasteiger partial charge in [0.05, 0.1) is 6.10 Å². The topological polar surface area (TPSA) is 43.4 Å². The van der Waals surface area contributed by atoms with E-state index < -0.39 is 0 Å². The number of hydrogen-bond acceptors (Lipinski definition) is 2. The summed E-state index contributed by atoms with van der Waals surface area (Å²) in [7, 11) is 0. The molecule has 0 aliphatic carbocycles. The van der Waals surface area contributed by atoms with Crippen LogP contribution in [0, 0.1) is 0 Å². The molecule has 1 rings (SSSR count). The smallest absolute Gasteiger partial charge is 0.0577 e. The van der Waals surface area contributed by atoms with E-state index in [9.17, 15) is 10.3 Å². The Bertz CT molecular complexity index is 189. The zero-order valence-corrected chi connectivity index (χ0v) is 9.71. The molecule has 0 spiro atoms. The van der Waals surface area contributed by atoms with Gasteiger partial charge in [0, 0.05) is 11.1 Å². The van der Waals surface area contributed by atoms with E-state index in [1.165, 1.54) is 5.06 Å². The Balaban J connectivity index is 2.92. The average Bonchev–Trinajstić information content (AvgIpc) is 2.14. The molecule has 0 aromatic rings. The van der Waals surface area contributed by atoms with Crippen molar-refractivity contribution < 1.29 is 10.3 Å². The molecule has 3 nitrogen and oxygen atoms in total. The van der Waals surface area contributed by atoms with Crippen LogP contribution in [0.4, 0.5) is 0 Å². The molecule has 1 heterocycles. The molecule has 1 radical (unpaired) electrons. The highest BCUT2D eigenvalue weighted by Gasteiger charge is 2.48. The molecule has 2 atom stereocenters. The van der Waals surface area contributed by atoms with E-state index in [2.05, 4.69) is 0 Å².